The van der Waals surface area contributed by atoms with Gasteiger partial charge in [-0.05, 0) is 36.8 Å². The van der Waals surface area contributed by atoms with E-state index in [1.54, 1.807) is 6.07 Å². The predicted octanol–water partition coefficient (Wildman–Crippen LogP) is 3.45. The first-order valence-corrected chi connectivity index (χ1v) is 6.69. The molecule has 0 bridgehead atoms. The SMILES string of the molecule is Cc1c(C(=O)O)cc2ccccc2c1N1CCCC1. The minimum Gasteiger partial charge on any atom is -0.478 e. The van der Waals surface area contributed by atoms with Crippen molar-refractivity contribution in [1.82, 2.24) is 0 Å². The summed E-state index contributed by atoms with van der Waals surface area (Å²) in [5.74, 6) is -0.844. The van der Waals surface area contributed by atoms with Crippen LogP contribution in [0.4, 0.5) is 5.69 Å². The van der Waals surface area contributed by atoms with Gasteiger partial charge in [-0.3, -0.25) is 0 Å². The maximum Gasteiger partial charge on any atom is 0.336 e. The summed E-state index contributed by atoms with van der Waals surface area (Å²) in [6, 6.07) is 9.83. The van der Waals surface area contributed by atoms with Crippen LogP contribution >= 0.6 is 0 Å². The van der Waals surface area contributed by atoms with E-state index in [0.29, 0.717) is 5.56 Å². The summed E-state index contributed by atoms with van der Waals surface area (Å²) in [6.07, 6.45) is 2.37. The van der Waals surface area contributed by atoms with Crippen LogP contribution in [-0.4, -0.2) is 24.2 Å². The van der Waals surface area contributed by atoms with E-state index in [1.165, 1.54) is 12.8 Å². The normalized spacial score (nSPS) is 15.1. The van der Waals surface area contributed by atoms with Crippen molar-refractivity contribution in [2.45, 2.75) is 19.8 Å². The van der Waals surface area contributed by atoms with Crippen LogP contribution in [0.15, 0.2) is 30.3 Å². The second-order valence-electron chi connectivity index (χ2n) is 5.12. The van der Waals surface area contributed by atoms with Crippen molar-refractivity contribution in [1.29, 1.82) is 0 Å². The Morgan fingerprint density at radius 3 is 2.58 bits per heavy atom. The molecule has 1 fully saturated rings. The van der Waals surface area contributed by atoms with Crippen LogP contribution in [-0.2, 0) is 0 Å². The van der Waals surface area contributed by atoms with E-state index < -0.39 is 5.97 Å². The second-order valence-corrected chi connectivity index (χ2v) is 5.12. The van der Waals surface area contributed by atoms with Gasteiger partial charge >= 0.3 is 5.97 Å². The lowest BCUT2D eigenvalue weighted by Gasteiger charge is -2.23. The molecule has 3 nitrogen and oxygen atoms in total. The van der Waals surface area contributed by atoms with Crippen molar-refractivity contribution in [2.24, 2.45) is 0 Å². The van der Waals surface area contributed by atoms with E-state index >= 15 is 0 Å². The van der Waals surface area contributed by atoms with Gasteiger partial charge in [0, 0.05) is 24.2 Å². The monoisotopic (exact) mass is 255 g/mol. The Hall–Kier alpha value is -2.03. The summed E-state index contributed by atoms with van der Waals surface area (Å²) in [6.45, 7) is 3.96. The molecule has 0 saturated carbocycles. The maximum atomic E-state index is 11.4. The quantitative estimate of drug-likeness (QED) is 0.893. The molecule has 1 aliphatic heterocycles. The van der Waals surface area contributed by atoms with Crippen LogP contribution in [0.5, 0.6) is 0 Å². The summed E-state index contributed by atoms with van der Waals surface area (Å²) in [5.41, 5.74) is 2.40. The molecule has 19 heavy (non-hydrogen) atoms. The molecule has 2 aromatic rings. The van der Waals surface area contributed by atoms with Gasteiger partial charge in [-0.2, -0.15) is 0 Å². The van der Waals surface area contributed by atoms with Gasteiger partial charge in [0.1, 0.15) is 0 Å². The van der Waals surface area contributed by atoms with E-state index in [9.17, 15) is 9.90 Å². The number of benzene rings is 2. The number of carboxylic acid groups (broad SMARTS) is 1. The minimum atomic E-state index is -0.844. The Kier molecular flexibility index (Phi) is 2.90. The number of aromatic carboxylic acids is 1. The molecule has 1 saturated heterocycles. The molecule has 0 spiro atoms. The molecule has 3 heteroatoms. The lowest BCUT2D eigenvalue weighted by atomic mass is 9.98. The molecule has 0 aliphatic carbocycles. The molecule has 2 aromatic carbocycles. The van der Waals surface area contributed by atoms with E-state index in [0.717, 1.165) is 35.1 Å². The zero-order valence-corrected chi connectivity index (χ0v) is 11.0. The van der Waals surface area contributed by atoms with Crippen LogP contribution < -0.4 is 4.90 Å². The number of carboxylic acids is 1. The number of nitrogens with zero attached hydrogens (tertiary/aromatic N) is 1. The Bertz CT molecular complexity index is 642. The third kappa shape index (κ3) is 1.95. The van der Waals surface area contributed by atoms with Crippen molar-refractivity contribution < 1.29 is 9.90 Å². The van der Waals surface area contributed by atoms with Gasteiger partial charge in [0.25, 0.3) is 0 Å². The highest BCUT2D eigenvalue weighted by atomic mass is 16.4. The smallest absolute Gasteiger partial charge is 0.336 e. The highest BCUT2D eigenvalue weighted by Gasteiger charge is 2.21. The first kappa shape index (κ1) is 12.0. The molecule has 0 amide bonds. The van der Waals surface area contributed by atoms with Crippen LogP contribution in [0.25, 0.3) is 10.8 Å². The van der Waals surface area contributed by atoms with E-state index in [4.69, 9.17) is 0 Å². The standard InChI is InChI=1S/C16H17NO2/c1-11-14(16(18)19)10-12-6-2-3-7-13(12)15(11)17-8-4-5-9-17/h2-3,6-7,10H,4-5,8-9H2,1H3,(H,18,19). The van der Waals surface area contributed by atoms with Gasteiger partial charge in [0.05, 0.1) is 5.56 Å². The fraction of sp³-hybridized carbons (Fsp3) is 0.312. The van der Waals surface area contributed by atoms with E-state index in [-0.39, 0.29) is 0 Å². The summed E-state index contributed by atoms with van der Waals surface area (Å²) in [7, 11) is 0. The van der Waals surface area contributed by atoms with Crippen molar-refractivity contribution in [3.63, 3.8) is 0 Å². The molecule has 1 heterocycles. The fourth-order valence-electron chi connectivity index (χ4n) is 3.00. The number of hydrogen-bond donors (Lipinski definition) is 1. The largest absolute Gasteiger partial charge is 0.478 e. The fourth-order valence-corrected chi connectivity index (χ4v) is 3.00. The number of rotatable bonds is 2. The Morgan fingerprint density at radius 2 is 1.89 bits per heavy atom. The van der Waals surface area contributed by atoms with Gasteiger partial charge in [-0.15, -0.1) is 0 Å². The summed E-state index contributed by atoms with van der Waals surface area (Å²) in [4.78, 5) is 13.7. The third-order valence-electron chi connectivity index (χ3n) is 3.93. The van der Waals surface area contributed by atoms with Crippen molar-refractivity contribution >= 4 is 22.4 Å². The summed E-state index contributed by atoms with van der Waals surface area (Å²) < 4.78 is 0. The minimum absolute atomic E-state index is 0.417. The van der Waals surface area contributed by atoms with E-state index in [2.05, 4.69) is 11.0 Å². The van der Waals surface area contributed by atoms with Crippen LogP contribution in [0.1, 0.15) is 28.8 Å². The summed E-state index contributed by atoms with van der Waals surface area (Å²) in [5, 5.41) is 11.5. The topological polar surface area (TPSA) is 40.5 Å². The molecule has 0 unspecified atom stereocenters. The molecular weight excluding hydrogens is 238 g/mol. The zero-order valence-electron chi connectivity index (χ0n) is 11.0. The molecule has 0 atom stereocenters. The highest BCUT2D eigenvalue weighted by Crippen LogP contribution is 2.35. The zero-order chi connectivity index (χ0) is 13.4. The molecular formula is C16H17NO2. The number of anilines is 1. The first-order valence-electron chi connectivity index (χ1n) is 6.69. The van der Waals surface area contributed by atoms with Gasteiger partial charge in [0.2, 0.25) is 0 Å². The van der Waals surface area contributed by atoms with Crippen LogP contribution in [0.3, 0.4) is 0 Å². The Labute approximate surface area is 112 Å². The van der Waals surface area contributed by atoms with Gasteiger partial charge in [-0.1, -0.05) is 24.3 Å². The third-order valence-corrected chi connectivity index (χ3v) is 3.93. The Balaban J connectivity index is 2.31. The van der Waals surface area contributed by atoms with Gasteiger partial charge in [0.15, 0.2) is 0 Å². The van der Waals surface area contributed by atoms with Crippen molar-refractivity contribution in [3.8, 4) is 0 Å². The van der Waals surface area contributed by atoms with Crippen molar-refractivity contribution in [3.05, 3.63) is 41.5 Å². The Morgan fingerprint density at radius 1 is 1.21 bits per heavy atom. The second kappa shape index (κ2) is 4.57. The average molecular weight is 255 g/mol. The molecule has 98 valence electrons. The maximum absolute atomic E-state index is 11.4. The highest BCUT2D eigenvalue weighted by molar-refractivity contribution is 6.03. The van der Waals surface area contributed by atoms with Crippen molar-refractivity contribution in [2.75, 3.05) is 18.0 Å². The first-order chi connectivity index (χ1) is 9.18. The number of carbonyl (C=O) groups is 1. The molecule has 0 aromatic heterocycles. The molecule has 3 rings (SSSR count). The molecule has 1 N–H and O–H groups in total. The average Bonchev–Trinajstić information content (AvgIpc) is 2.91. The van der Waals surface area contributed by atoms with Crippen LogP contribution in [0, 0.1) is 6.92 Å². The van der Waals surface area contributed by atoms with E-state index in [1.807, 2.05) is 25.1 Å². The lowest BCUT2D eigenvalue weighted by Crippen LogP contribution is -2.20. The number of hydrogen-bond acceptors (Lipinski definition) is 2. The van der Waals surface area contributed by atoms with Gasteiger partial charge < -0.3 is 10.0 Å². The molecule has 0 radical (unpaired) electrons. The van der Waals surface area contributed by atoms with Gasteiger partial charge in [-0.25, -0.2) is 4.79 Å². The lowest BCUT2D eigenvalue weighted by molar-refractivity contribution is 0.0696. The van der Waals surface area contributed by atoms with Crippen LogP contribution in [0.2, 0.25) is 0 Å². The number of fused-ring (bicyclic) bond motifs is 1. The summed E-state index contributed by atoms with van der Waals surface area (Å²) >= 11 is 0. The predicted molar refractivity (Wildman–Crippen MR) is 77.1 cm³/mol. The molecule has 1 aliphatic rings.